The summed E-state index contributed by atoms with van der Waals surface area (Å²) >= 11 is 3.55. The molecule has 0 radical (unpaired) electrons. The van der Waals surface area contributed by atoms with Crippen LogP contribution < -0.4 is 4.90 Å². The molecule has 4 rings (SSSR count). The highest BCUT2D eigenvalue weighted by Crippen LogP contribution is 2.60. The molecule has 0 saturated carbocycles. The fraction of sp³-hybridized carbons (Fsp3) is 0.560. The third-order valence-electron chi connectivity index (χ3n) is 7.61. The maximum absolute atomic E-state index is 14.4. The van der Waals surface area contributed by atoms with Crippen LogP contribution in [0.1, 0.15) is 30.9 Å². The Kier molecular flexibility index (Phi) is 6.65. The number of carboxylic acid groups (broad SMARTS) is 1. The van der Waals surface area contributed by atoms with Crippen LogP contribution in [0, 0.1) is 25.7 Å². The largest absolute Gasteiger partial charge is 0.481 e. The Morgan fingerprint density at radius 2 is 2.03 bits per heavy atom. The molecule has 34 heavy (non-hydrogen) atoms. The molecular weight excluding hydrogens is 504 g/mol. The topological polar surface area (TPSA) is 107 Å². The highest BCUT2D eigenvalue weighted by atomic mass is 79.9. The lowest BCUT2D eigenvalue weighted by Crippen LogP contribution is -2.59. The van der Waals surface area contributed by atoms with Gasteiger partial charge in [0.25, 0.3) is 5.91 Å². The summed E-state index contributed by atoms with van der Waals surface area (Å²) in [6.45, 7) is 9.36. The lowest BCUT2D eigenvalue weighted by molar-refractivity contribution is -0.150. The van der Waals surface area contributed by atoms with Gasteiger partial charge in [-0.25, -0.2) is 0 Å². The van der Waals surface area contributed by atoms with Crippen molar-refractivity contribution in [2.24, 2.45) is 11.8 Å². The second-order valence-electron chi connectivity index (χ2n) is 9.47. The Morgan fingerprint density at radius 3 is 2.56 bits per heavy atom. The summed E-state index contributed by atoms with van der Waals surface area (Å²) in [5.41, 5.74) is 1.24. The first-order chi connectivity index (χ1) is 16.1. The number of carboxylic acids is 1. The minimum absolute atomic E-state index is 0.212. The van der Waals surface area contributed by atoms with Crippen LogP contribution in [0.5, 0.6) is 0 Å². The number of benzene rings is 1. The number of hydrogen-bond acceptors (Lipinski definition) is 5. The number of aliphatic carboxylic acids is 1. The number of halogens is 1. The minimum atomic E-state index is -1.28. The number of fused-ring (bicyclic) bond motifs is 1. The Hall–Kier alpha value is -2.23. The van der Waals surface area contributed by atoms with Crippen molar-refractivity contribution in [3.05, 3.63) is 42.0 Å². The number of carbonyl (C=O) groups excluding carboxylic acids is 2. The van der Waals surface area contributed by atoms with Crippen LogP contribution in [0.15, 0.2) is 30.9 Å². The van der Waals surface area contributed by atoms with E-state index in [9.17, 15) is 24.6 Å². The summed E-state index contributed by atoms with van der Waals surface area (Å²) in [5.74, 6) is -3.95. The number of aliphatic hydroxyl groups is 1. The van der Waals surface area contributed by atoms with E-state index in [1.807, 2.05) is 39.0 Å². The molecule has 2 amide bonds. The first-order valence-corrected chi connectivity index (χ1v) is 12.5. The molecule has 2 bridgehead atoms. The molecule has 1 aromatic carbocycles. The zero-order valence-corrected chi connectivity index (χ0v) is 21.2. The van der Waals surface area contributed by atoms with Crippen molar-refractivity contribution in [1.82, 2.24) is 4.90 Å². The van der Waals surface area contributed by atoms with Gasteiger partial charge in [0.1, 0.15) is 11.6 Å². The first kappa shape index (κ1) is 24.9. The van der Waals surface area contributed by atoms with E-state index in [0.717, 1.165) is 16.8 Å². The molecule has 0 aliphatic carbocycles. The molecule has 3 aliphatic heterocycles. The van der Waals surface area contributed by atoms with E-state index >= 15 is 0 Å². The first-order valence-electron chi connectivity index (χ1n) is 11.6. The average Bonchev–Trinajstić information content (AvgIpc) is 3.37. The molecule has 3 heterocycles. The van der Waals surface area contributed by atoms with Crippen LogP contribution >= 0.6 is 15.9 Å². The summed E-state index contributed by atoms with van der Waals surface area (Å²) in [6, 6.07) is 4.06. The summed E-state index contributed by atoms with van der Waals surface area (Å²) in [5, 5.41) is 20.1. The zero-order valence-electron chi connectivity index (χ0n) is 19.6. The molecule has 3 aliphatic rings. The van der Waals surface area contributed by atoms with Crippen molar-refractivity contribution in [3.8, 4) is 0 Å². The number of aryl methyl sites for hydroxylation is 2. The van der Waals surface area contributed by atoms with Gasteiger partial charge in [0.2, 0.25) is 5.91 Å². The number of amides is 2. The van der Waals surface area contributed by atoms with Gasteiger partial charge in [-0.15, -0.1) is 6.58 Å². The second kappa shape index (κ2) is 9.09. The van der Waals surface area contributed by atoms with E-state index in [2.05, 4.69) is 22.5 Å². The Morgan fingerprint density at radius 1 is 1.38 bits per heavy atom. The molecule has 0 aromatic heterocycles. The van der Waals surface area contributed by atoms with Crippen LogP contribution in [0.4, 0.5) is 5.69 Å². The van der Waals surface area contributed by atoms with Gasteiger partial charge in [0.15, 0.2) is 0 Å². The van der Waals surface area contributed by atoms with Crippen molar-refractivity contribution < 1.29 is 29.3 Å². The van der Waals surface area contributed by atoms with E-state index in [0.29, 0.717) is 12.8 Å². The Balaban J connectivity index is 1.89. The highest BCUT2D eigenvalue weighted by Gasteiger charge is 2.77. The van der Waals surface area contributed by atoms with Gasteiger partial charge in [0.05, 0.1) is 30.6 Å². The van der Waals surface area contributed by atoms with Crippen LogP contribution in [-0.2, 0) is 19.1 Å². The van der Waals surface area contributed by atoms with Gasteiger partial charge >= 0.3 is 5.97 Å². The van der Waals surface area contributed by atoms with Crippen LogP contribution in [-0.4, -0.2) is 74.7 Å². The van der Waals surface area contributed by atoms with Gasteiger partial charge in [-0.1, -0.05) is 47.1 Å². The molecule has 1 aromatic rings. The SMILES string of the molecule is C=CCN(C(=O)C1N([C@@H](CC)CO)C(=O)[C@@H]2[C@@H](C(=O)O)[C@@H]3OC12CC3Br)c1c(C)cccc1C. The predicted molar refractivity (Wildman–Crippen MR) is 130 cm³/mol. The number of aliphatic hydroxyl groups excluding tert-OH is 1. The molecule has 184 valence electrons. The number of anilines is 1. The number of hydrogen-bond donors (Lipinski definition) is 2. The number of ether oxygens (including phenoxy) is 1. The number of carbonyl (C=O) groups is 3. The predicted octanol–water partition coefficient (Wildman–Crippen LogP) is 2.43. The minimum Gasteiger partial charge on any atom is -0.481 e. The van der Waals surface area contributed by atoms with Crippen LogP contribution in [0.2, 0.25) is 0 Å². The summed E-state index contributed by atoms with van der Waals surface area (Å²) in [4.78, 5) is 43.1. The van der Waals surface area contributed by atoms with E-state index in [1.165, 1.54) is 4.90 Å². The summed E-state index contributed by atoms with van der Waals surface area (Å²) < 4.78 is 6.32. The standard InChI is InChI=1S/C25H31BrN2O6/c1-5-10-27(19-13(3)8-7-9-14(19)4)23(31)21-25-11-16(26)20(34-25)17(24(32)33)18(25)22(30)28(21)15(6-2)12-29/h5,7-9,15-18,20-21,29H,1,6,10-12H2,2-4H3,(H,32,33)/t15-,16?,17+,18-,20+,21?,25?/m0/s1. The number of rotatable bonds is 8. The Labute approximate surface area is 207 Å². The van der Waals surface area contributed by atoms with Gasteiger partial charge in [-0.05, 0) is 37.8 Å². The normalized spacial score (nSPS) is 32.6. The van der Waals surface area contributed by atoms with Crippen molar-refractivity contribution in [1.29, 1.82) is 0 Å². The van der Waals surface area contributed by atoms with Gasteiger partial charge in [-0.2, -0.15) is 0 Å². The second-order valence-corrected chi connectivity index (χ2v) is 10.6. The summed E-state index contributed by atoms with van der Waals surface area (Å²) in [7, 11) is 0. The molecule has 1 spiro atoms. The van der Waals surface area contributed by atoms with Crippen molar-refractivity contribution >= 4 is 39.4 Å². The molecule has 9 heteroatoms. The number of likely N-dealkylation sites (tertiary alicyclic amines) is 1. The maximum Gasteiger partial charge on any atom is 0.310 e. The fourth-order valence-corrected chi connectivity index (χ4v) is 7.18. The van der Waals surface area contributed by atoms with Crippen LogP contribution in [0.3, 0.4) is 0 Å². The molecule has 7 atom stereocenters. The van der Waals surface area contributed by atoms with Crippen molar-refractivity contribution in [3.63, 3.8) is 0 Å². The van der Waals surface area contributed by atoms with E-state index in [-0.39, 0.29) is 23.9 Å². The third-order valence-corrected chi connectivity index (χ3v) is 8.45. The summed E-state index contributed by atoms with van der Waals surface area (Å²) in [6.07, 6.45) is 1.68. The zero-order chi connectivity index (χ0) is 24.9. The van der Waals surface area contributed by atoms with Gasteiger partial charge in [0, 0.05) is 17.1 Å². The number of alkyl halides is 1. The van der Waals surface area contributed by atoms with Crippen molar-refractivity contribution in [2.45, 2.75) is 62.2 Å². The fourth-order valence-electron chi connectivity index (χ4n) is 6.24. The van der Waals surface area contributed by atoms with Gasteiger partial charge < -0.3 is 24.7 Å². The lowest BCUT2D eigenvalue weighted by Gasteiger charge is -2.39. The van der Waals surface area contributed by atoms with E-state index in [1.54, 1.807) is 11.0 Å². The monoisotopic (exact) mass is 534 g/mol. The quantitative estimate of drug-likeness (QED) is 0.391. The Bertz CT molecular complexity index is 1010. The molecular formula is C25H31BrN2O6. The van der Waals surface area contributed by atoms with Gasteiger partial charge in [-0.3, -0.25) is 14.4 Å². The smallest absolute Gasteiger partial charge is 0.310 e. The molecule has 3 unspecified atom stereocenters. The van der Waals surface area contributed by atoms with Crippen LogP contribution in [0.25, 0.3) is 0 Å². The molecule has 3 fully saturated rings. The van der Waals surface area contributed by atoms with E-state index in [4.69, 9.17) is 4.74 Å². The molecule has 2 N–H and O–H groups in total. The maximum atomic E-state index is 14.4. The third kappa shape index (κ3) is 3.43. The lowest BCUT2D eigenvalue weighted by atomic mass is 9.70. The number of para-hydroxylation sites is 1. The highest BCUT2D eigenvalue weighted by molar-refractivity contribution is 9.09. The number of nitrogens with zero attached hydrogens (tertiary/aromatic N) is 2. The van der Waals surface area contributed by atoms with Crippen molar-refractivity contribution in [2.75, 3.05) is 18.1 Å². The average molecular weight is 535 g/mol. The molecule has 8 nitrogen and oxygen atoms in total. The molecule has 3 saturated heterocycles. The van der Waals surface area contributed by atoms with E-state index < -0.39 is 47.5 Å².